The van der Waals surface area contributed by atoms with E-state index in [9.17, 15) is 9.18 Å². The molecule has 0 unspecified atom stereocenters. The monoisotopic (exact) mass is 270 g/mol. The average Bonchev–Trinajstić information content (AvgIpc) is 2.63. The van der Waals surface area contributed by atoms with E-state index in [-0.39, 0.29) is 22.5 Å². The number of ketones is 1. The summed E-state index contributed by atoms with van der Waals surface area (Å²) in [5.74, 6) is -0.280. The maximum Gasteiger partial charge on any atom is 0.148 e. The number of hydrogen-bond acceptors (Lipinski definition) is 3. The number of nitrogens with zero attached hydrogens (tertiary/aromatic N) is 2. The molecule has 1 aliphatic heterocycles. The van der Waals surface area contributed by atoms with Crippen molar-refractivity contribution in [3.8, 4) is 0 Å². The molecule has 0 amide bonds. The van der Waals surface area contributed by atoms with Crippen molar-refractivity contribution in [2.75, 3.05) is 6.54 Å². The van der Waals surface area contributed by atoms with E-state index in [2.05, 4.69) is 4.98 Å². The van der Waals surface area contributed by atoms with Gasteiger partial charge in [-0.05, 0) is 26.8 Å². The largest absolute Gasteiger partial charge is 0.298 e. The molecule has 3 nitrogen and oxygen atoms in total. The molecule has 0 aliphatic carbocycles. The standard InChI is InChI=1S/C13H16ClFN2O/c1-13(2,3)17-7-9(18)5-11(17)10-4-8(15)6-16-12(10)14/h4,6,11H,5,7H2,1-3H3/t11-/m1/s1. The first-order chi connectivity index (χ1) is 8.29. The van der Waals surface area contributed by atoms with Crippen molar-refractivity contribution >= 4 is 17.4 Å². The van der Waals surface area contributed by atoms with Gasteiger partial charge in [0.25, 0.3) is 0 Å². The van der Waals surface area contributed by atoms with Crippen molar-refractivity contribution in [2.24, 2.45) is 0 Å². The zero-order valence-electron chi connectivity index (χ0n) is 10.7. The molecule has 0 aromatic carbocycles. The van der Waals surface area contributed by atoms with E-state index in [4.69, 9.17) is 11.6 Å². The van der Waals surface area contributed by atoms with Gasteiger partial charge in [0.1, 0.15) is 16.8 Å². The second kappa shape index (κ2) is 4.59. The third kappa shape index (κ3) is 2.54. The van der Waals surface area contributed by atoms with E-state index in [0.29, 0.717) is 18.5 Å². The molecule has 0 N–H and O–H groups in total. The number of halogens is 2. The summed E-state index contributed by atoms with van der Waals surface area (Å²) in [6.07, 6.45) is 1.45. The average molecular weight is 271 g/mol. The fraction of sp³-hybridized carbons (Fsp3) is 0.538. The Balaban J connectivity index is 2.42. The SMILES string of the molecule is CC(C)(C)N1CC(=O)C[C@@H]1c1cc(F)cnc1Cl. The Bertz CT molecular complexity index is 484. The van der Waals surface area contributed by atoms with Gasteiger partial charge in [0, 0.05) is 23.6 Å². The molecule has 2 rings (SSSR count). The number of aromatic nitrogens is 1. The van der Waals surface area contributed by atoms with Gasteiger partial charge in [0.15, 0.2) is 0 Å². The molecule has 0 spiro atoms. The van der Waals surface area contributed by atoms with Crippen LogP contribution in [0.2, 0.25) is 5.15 Å². The van der Waals surface area contributed by atoms with Gasteiger partial charge in [-0.3, -0.25) is 9.69 Å². The minimum atomic E-state index is -0.428. The number of hydrogen-bond donors (Lipinski definition) is 0. The van der Waals surface area contributed by atoms with Gasteiger partial charge < -0.3 is 0 Å². The van der Waals surface area contributed by atoms with Crippen molar-refractivity contribution in [3.05, 3.63) is 28.8 Å². The predicted octanol–water partition coefficient (Wildman–Crippen LogP) is 2.99. The lowest BCUT2D eigenvalue weighted by Crippen LogP contribution is -2.41. The first kappa shape index (κ1) is 13.4. The van der Waals surface area contributed by atoms with Crippen LogP contribution < -0.4 is 0 Å². The summed E-state index contributed by atoms with van der Waals surface area (Å²) in [4.78, 5) is 17.5. The third-order valence-electron chi connectivity index (χ3n) is 3.20. The van der Waals surface area contributed by atoms with Gasteiger partial charge in [-0.25, -0.2) is 9.37 Å². The normalized spacial score (nSPS) is 21.6. The van der Waals surface area contributed by atoms with Gasteiger partial charge >= 0.3 is 0 Å². The summed E-state index contributed by atoms with van der Waals surface area (Å²) in [6.45, 7) is 6.46. The summed E-state index contributed by atoms with van der Waals surface area (Å²) < 4.78 is 13.3. The number of Topliss-reactive ketones (excluding diaryl/α,β-unsaturated/α-hetero) is 1. The molecule has 1 aromatic rings. The van der Waals surface area contributed by atoms with E-state index in [1.54, 1.807) is 0 Å². The van der Waals surface area contributed by atoms with Crippen LogP contribution in [0.3, 0.4) is 0 Å². The van der Waals surface area contributed by atoms with Crippen LogP contribution in [0.15, 0.2) is 12.3 Å². The first-order valence-electron chi connectivity index (χ1n) is 5.88. The molecular formula is C13H16ClFN2O. The van der Waals surface area contributed by atoms with Gasteiger partial charge in [-0.1, -0.05) is 11.6 Å². The molecule has 5 heteroatoms. The lowest BCUT2D eigenvalue weighted by Gasteiger charge is -2.36. The number of pyridine rings is 1. The minimum Gasteiger partial charge on any atom is -0.298 e. The smallest absolute Gasteiger partial charge is 0.148 e. The van der Waals surface area contributed by atoms with Gasteiger partial charge in [0.05, 0.1) is 12.7 Å². The van der Waals surface area contributed by atoms with Crippen LogP contribution in [-0.2, 0) is 4.79 Å². The maximum atomic E-state index is 13.3. The van der Waals surface area contributed by atoms with E-state index in [1.165, 1.54) is 6.07 Å². The van der Waals surface area contributed by atoms with Gasteiger partial charge in [-0.2, -0.15) is 0 Å². The van der Waals surface area contributed by atoms with Crippen LogP contribution in [0.25, 0.3) is 0 Å². The summed E-state index contributed by atoms with van der Waals surface area (Å²) >= 11 is 6.02. The molecular weight excluding hydrogens is 255 g/mol. The van der Waals surface area contributed by atoms with Gasteiger partial charge in [0.2, 0.25) is 0 Å². The fourth-order valence-electron chi connectivity index (χ4n) is 2.35. The zero-order valence-corrected chi connectivity index (χ0v) is 11.5. The van der Waals surface area contributed by atoms with E-state index >= 15 is 0 Å². The van der Waals surface area contributed by atoms with Crippen LogP contribution in [0, 0.1) is 5.82 Å². The van der Waals surface area contributed by atoms with Crippen LogP contribution in [0.5, 0.6) is 0 Å². The predicted molar refractivity (Wildman–Crippen MR) is 68.0 cm³/mol. The lowest BCUT2D eigenvalue weighted by atomic mass is 10.0. The second-order valence-electron chi connectivity index (χ2n) is 5.59. The highest BCUT2D eigenvalue weighted by Crippen LogP contribution is 2.38. The number of rotatable bonds is 1. The van der Waals surface area contributed by atoms with E-state index in [0.717, 1.165) is 6.20 Å². The molecule has 1 aliphatic rings. The Morgan fingerprint density at radius 2 is 2.17 bits per heavy atom. The van der Waals surface area contributed by atoms with Crippen molar-refractivity contribution in [2.45, 2.75) is 38.8 Å². The molecule has 98 valence electrons. The van der Waals surface area contributed by atoms with Crippen molar-refractivity contribution in [3.63, 3.8) is 0 Å². The quantitative estimate of drug-likeness (QED) is 0.736. The summed E-state index contributed by atoms with van der Waals surface area (Å²) in [5, 5.41) is 0.269. The molecule has 2 heterocycles. The molecule has 0 saturated carbocycles. The Kier molecular flexibility index (Phi) is 3.43. The summed E-state index contributed by atoms with van der Waals surface area (Å²) in [6, 6.07) is 1.19. The number of carbonyl (C=O) groups is 1. The van der Waals surface area contributed by atoms with Crippen molar-refractivity contribution in [1.82, 2.24) is 9.88 Å². The Morgan fingerprint density at radius 3 is 2.78 bits per heavy atom. The third-order valence-corrected chi connectivity index (χ3v) is 3.51. The van der Waals surface area contributed by atoms with Gasteiger partial charge in [-0.15, -0.1) is 0 Å². The molecule has 1 fully saturated rings. The van der Waals surface area contributed by atoms with Crippen LogP contribution in [0.1, 0.15) is 38.8 Å². The van der Waals surface area contributed by atoms with E-state index in [1.807, 2.05) is 25.7 Å². The highest BCUT2D eigenvalue weighted by atomic mass is 35.5. The van der Waals surface area contributed by atoms with Crippen LogP contribution in [0.4, 0.5) is 4.39 Å². The minimum absolute atomic E-state index is 0.148. The second-order valence-corrected chi connectivity index (χ2v) is 5.95. The Hall–Kier alpha value is -1.00. The number of carbonyl (C=O) groups excluding carboxylic acids is 1. The number of likely N-dealkylation sites (tertiary alicyclic amines) is 1. The zero-order chi connectivity index (χ0) is 13.5. The van der Waals surface area contributed by atoms with E-state index < -0.39 is 5.82 Å². The highest BCUT2D eigenvalue weighted by molar-refractivity contribution is 6.30. The van der Waals surface area contributed by atoms with Crippen molar-refractivity contribution in [1.29, 1.82) is 0 Å². The summed E-state index contributed by atoms with van der Waals surface area (Å²) in [5.41, 5.74) is 0.421. The van der Waals surface area contributed by atoms with Crippen LogP contribution in [-0.4, -0.2) is 27.8 Å². The van der Waals surface area contributed by atoms with Crippen molar-refractivity contribution < 1.29 is 9.18 Å². The highest BCUT2D eigenvalue weighted by Gasteiger charge is 2.39. The first-order valence-corrected chi connectivity index (χ1v) is 6.26. The van der Waals surface area contributed by atoms with Crippen LogP contribution >= 0.6 is 11.6 Å². The lowest BCUT2D eigenvalue weighted by molar-refractivity contribution is -0.117. The molecule has 1 atom stereocenters. The topological polar surface area (TPSA) is 33.2 Å². The molecule has 0 bridgehead atoms. The molecule has 18 heavy (non-hydrogen) atoms. The Morgan fingerprint density at radius 1 is 1.50 bits per heavy atom. The maximum absolute atomic E-state index is 13.3. The summed E-state index contributed by atoms with van der Waals surface area (Å²) in [7, 11) is 0. The Labute approximate surface area is 111 Å². The fourth-order valence-corrected chi connectivity index (χ4v) is 2.57. The molecule has 1 saturated heterocycles. The molecule has 0 radical (unpaired) electrons. The molecule has 1 aromatic heterocycles.